The predicted octanol–water partition coefficient (Wildman–Crippen LogP) is -6.83. The largest absolute Gasteiger partial charge is 1.00 e. The van der Waals surface area contributed by atoms with Gasteiger partial charge in [-0.2, -0.15) is 0 Å². The molecule has 4 atom stereocenters. The fourth-order valence-corrected chi connectivity index (χ4v) is 7.51. The van der Waals surface area contributed by atoms with E-state index >= 15 is 0 Å². The Morgan fingerprint density at radius 2 is 1.06 bits per heavy atom. The smallest absolute Gasteiger partial charge is 0.669 e. The minimum absolute atomic E-state index is 0. The molecule has 6 aliphatic rings. The van der Waals surface area contributed by atoms with Crippen LogP contribution in [-0.4, -0.2) is 130 Å². The summed E-state index contributed by atoms with van der Waals surface area (Å²) in [4.78, 5) is 27.7. The number of nitrogens with two attached hydrogens (primary N) is 2. The molecule has 0 aromatic heterocycles. The number of likely N-dealkylation sites (tertiary alicyclic amines) is 2. The predicted molar refractivity (Wildman–Crippen MR) is 170 cm³/mol. The molecule has 260 valence electrons. The number of fused-ring (bicyclic) bond motifs is 6. The Balaban J connectivity index is 0.000000187. The van der Waals surface area contributed by atoms with Gasteiger partial charge in [0.05, 0.1) is 11.5 Å². The molecule has 2 saturated carbocycles. The molecule has 0 unspecified atom stereocenters. The molecule has 0 bridgehead atoms. The van der Waals surface area contributed by atoms with Crippen molar-refractivity contribution in [2.45, 2.75) is 48.5 Å². The molecule has 0 amide bonds. The first kappa shape index (κ1) is 39.6. The summed E-state index contributed by atoms with van der Waals surface area (Å²) in [5.41, 5.74) is 12.1. The third-order valence-electron chi connectivity index (χ3n) is 10.2. The second-order valence-corrected chi connectivity index (χ2v) is 13.7. The van der Waals surface area contributed by atoms with Gasteiger partial charge in [-0.1, -0.05) is 36.6 Å². The fraction of sp³-hybridized carbons (Fsp3) is 0.533. The third kappa shape index (κ3) is 7.57. The number of ether oxygens (including phenoxy) is 2. The zero-order valence-corrected chi connectivity index (χ0v) is 32.2. The van der Waals surface area contributed by atoms with Gasteiger partial charge in [0.2, 0.25) is 0 Å². The molecule has 4 heterocycles. The average Bonchev–Trinajstić information content (AvgIpc) is 3.88. The van der Waals surface area contributed by atoms with E-state index in [2.05, 4.69) is 9.80 Å². The average molecular weight is 716 g/mol. The minimum atomic E-state index is -3.02. The molecule has 2 aromatic rings. The van der Waals surface area contributed by atoms with E-state index in [4.69, 9.17) is 30.2 Å². The van der Waals surface area contributed by atoms with Crippen molar-refractivity contribution in [1.29, 1.82) is 0 Å². The topological polar surface area (TPSA) is 251 Å². The summed E-state index contributed by atoms with van der Waals surface area (Å²) >= 11 is 0. The van der Waals surface area contributed by atoms with Crippen LogP contribution in [0.15, 0.2) is 24.3 Å². The van der Waals surface area contributed by atoms with Crippen molar-refractivity contribution >= 4 is 25.4 Å². The number of nitrogens with zero attached hydrogens (tertiary/aromatic N) is 2. The molecule has 0 spiro atoms. The van der Waals surface area contributed by atoms with Crippen LogP contribution in [0.4, 0.5) is 0 Å². The quantitative estimate of drug-likeness (QED) is 0.106. The second-order valence-electron chi connectivity index (χ2n) is 13.7. The zero-order valence-electron chi connectivity index (χ0n) is 28.2. The van der Waals surface area contributed by atoms with Crippen LogP contribution in [0.3, 0.4) is 0 Å². The van der Waals surface area contributed by atoms with E-state index in [9.17, 15) is 39.9 Å². The molecule has 4 fully saturated rings. The number of aromatic carboxylic acids is 2. The summed E-state index contributed by atoms with van der Waals surface area (Å²) in [6.07, 6.45) is 0.971. The maximum atomic E-state index is 11.7. The van der Waals surface area contributed by atoms with Gasteiger partial charge in [0.1, 0.15) is 34.8 Å². The number of hydrogen-bond acceptors (Lipinski definition) is 14. The fourth-order valence-electron chi connectivity index (χ4n) is 7.51. The Hall–Kier alpha value is -1.61. The molecular formula is C30H40B2N4Na2O12. The maximum Gasteiger partial charge on any atom is 1.00 e. The molecule has 16 nitrogen and oxygen atoms in total. The van der Waals surface area contributed by atoms with Crippen molar-refractivity contribution in [3.8, 4) is 23.0 Å². The standard InChI is InChI=1S/2C15H20BN2O6.2Na/c2*17-3-4-18-6-8(7-18)23-12-2-1-9-10-5-11(10)16(21,22)24-14(9)13(12)15(19)20;;/h2*1-2,8,10-11,21-22H,3-7,17H2,(H,19,20);;/q2*-1;2*+1/t2*10-,11-;;/m11../s1. The van der Waals surface area contributed by atoms with Gasteiger partial charge in [0.25, 0.3) is 0 Å². The van der Waals surface area contributed by atoms with E-state index in [0.717, 1.165) is 13.1 Å². The third-order valence-corrected chi connectivity index (χ3v) is 10.2. The molecule has 2 aliphatic carbocycles. The van der Waals surface area contributed by atoms with Gasteiger partial charge in [-0.3, -0.25) is 9.80 Å². The second kappa shape index (κ2) is 15.0. The van der Waals surface area contributed by atoms with Crippen molar-refractivity contribution in [3.63, 3.8) is 0 Å². The van der Waals surface area contributed by atoms with E-state index in [1.807, 2.05) is 0 Å². The summed E-state index contributed by atoms with van der Waals surface area (Å²) < 4.78 is 22.2. The molecule has 4 aliphatic heterocycles. The van der Waals surface area contributed by atoms with Crippen molar-refractivity contribution in [2.75, 3.05) is 52.4 Å². The van der Waals surface area contributed by atoms with Crippen LogP contribution in [0.5, 0.6) is 23.0 Å². The molecule has 2 saturated heterocycles. The SMILES string of the molecule is NCCN1CC(Oc2ccc3c(c2C(=O)O)O[B-](O)(O)[C@@H]2C[C@H]32)C1.NCCN1CC(Oc2ccc3c(c2C(=O)O)O[B-](O)(O)[C@@H]2C[C@H]32)C1.[Na+].[Na+]. The van der Waals surface area contributed by atoms with Gasteiger partial charge in [-0.25, -0.2) is 9.59 Å². The van der Waals surface area contributed by atoms with Crippen molar-refractivity contribution in [1.82, 2.24) is 9.80 Å². The van der Waals surface area contributed by atoms with Gasteiger partial charge in [0, 0.05) is 52.4 Å². The number of benzene rings is 2. The Labute approximate surface area is 332 Å². The van der Waals surface area contributed by atoms with Gasteiger partial charge in [0.15, 0.2) is 0 Å². The zero-order chi connectivity index (χ0) is 34.1. The molecular weight excluding hydrogens is 676 g/mol. The molecule has 20 heteroatoms. The van der Waals surface area contributed by atoms with Crippen LogP contribution in [0.2, 0.25) is 11.6 Å². The molecule has 50 heavy (non-hydrogen) atoms. The van der Waals surface area contributed by atoms with Crippen molar-refractivity contribution in [3.05, 3.63) is 46.5 Å². The Morgan fingerprint density at radius 1 is 0.700 bits per heavy atom. The summed E-state index contributed by atoms with van der Waals surface area (Å²) in [6.45, 7) is -0.592. The number of carboxylic acid groups (broad SMARTS) is 2. The summed E-state index contributed by atoms with van der Waals surface area (Å²) in [7, 11) is 0. The Bertz CT molecular complexity index is 1510. The van der Waals surface area contributed by atoms with Crippen molar-refractivity contribution in [2.24, 2.45) is 11.5 Å². The van der Waals surface area contributed by atoms with Crippen LogP contribution in [0.25, 0.3) is 0 Å². The molecule has 8 rings (SSSR count). The first-order chi connectivity index (χ1) is 22.8. The summed E-state index contributed by atoms with van der Waals surface area (Å²) in [5.74, 6) is -2.75. The number of carboxylic acids is 2. The van der Waals surface area contributed by atoms with Crippen LogP contribution in [-0.2, 0) is 0 Å². The van der Waals surface area contributed by atoms with Gasteiger partial charge in [-0.15, -0.1) is 0 Å². The van der Waals surface area contributed by atoms with Crippen LogP contribution >= 0.6 is 0 Å². The van der Waals surface area contributed by atoms with E-state index in [0.29, 0.717) is 63.2 Å². The molecule has 2 aromatic carbocycles. The summed E-state index contributed by atoms with van der Waals surface area (Å²) in [6, 6.07) is 6.82. The molecule has 0 radical (unpaired) electrons. The number of carbonyl (C=O) groups is 2. The van der Waals surface area contributed by atoms with Gasteiger partial charge >= 0.3 is 84.6 Å². The van der Waals surface area contributed by atoms with E-state index in [-0.39, 0.29) is 129 Å². The van der Waals surface area contributed by atoms with E-state index < -0.39 is 25.4 Å². The van der Waals surface area contributed by atoms with Gasteiger partial charge in [-0.05, 0) is 35.1 Å². The first-order valence-corrected chi connectivity index (χ1v) is 16.4. The van der Waals surface area contributed by atoms with Crippen LogP contribution in [0, 0.1) is 0 Å². The maximum absolute atomic E-state index is 11.7. The first-order valence-electron chi connectivity index (χ1n) is 16.4. The van der Waals surface area contributed by atoms with Crippen LogP contribution in [0.1, 0.15) is 56.5 Å². The minimum Gasteiger partial charge on any atom is -0.669 e. The van der Waals surface area contributed by atoms with Crippen molar-refractivity contribution < 1.29 is 118 Å². The van der Waals surface area contributed by atoms with Crippen LogP contribution < -0.4 is 89.4 Å². The summed E-state index contributed by atoms with van der Waals surface area (Å²) in [5, 5.41) is 59.2. The van der Waals surface area contributed by atoms with Gasteiger partial charge < -0.3 is 60.6 Å². The number of hydrogen-bond donors (Lipinski definition) is 8. The van der Waals surface area contributed by atoms with E-state index in [1.54, 1.807) is 24.3 Å². The Morgan fingerprint density at radius 3 is 1.38 bits per heavy atom. The molecule has 10 N–H and O–H groups in total. The monoisotopic (exact) mass is 716 g/mol. The normalized spacial score (nSPS) is 26.4. The van der Waals surface area contributed by atoms with E-state index in [1.165, 1.54) is 0 Å². The Kier molecular flexibility index (Phi) is 11.9. The number of rotatable bonds is 10.